The molecule has 0 heterocycles. The molecule has 0 aliphatic rings. The van der Waals surface area contributed by atoms with Crippen LogP contribution in [-0.4, -0.2) is 18.6 Å². The average Bonchev–Trinajstić information content (AvgIpc) is 1.91. The van der Waals surface area contributed by atoms with E-state index in [0.29, 0.717) is 5.88 Å². The lowest BCUT2D eigenvalue weighted by Crippen LogP contribution is -1.93. The molecule has 0 aliphatic carbocycles. The number of rotatable bonds is 3. The van der Waals surface area contributed by atoms with E-state index in [0.717, 1.165) is 12.1 Å². The second-order valence-corrected chi connectivity index (χ2v) is 1.93. The Bertz CT molecular complexity index is 116. The van der Waals surface area contributed by atoms with Crippen LogP contribution in [0.25, 0.3) is 0 Å². The molecule has 0 bridgehead atoms. The lowest BCUT2D eigenvalue weighted by Gasteiger charge is -1.88. The highest BCUT2D eigenvalue weighted by Crippen LogP contribution is 1.87. The van der Waals surface area contributed by atoms with Gasteiger partial charge in [0.05, 0.1) is 5.88 Å². The topological polar surface area (TPSA) is 12.4 Å². The molecule has 0 aromatic rings. The first-order valence-corrected chi connectivity index (χ1v) is 3.56. The molecule has 1 nitrogen and oxygen atoms in total. The highest BCUT2D eigenvalue weighted by Gasteiger charge is 1.84. The number of nitrogens with zero attached hydrogens (tertiary/aromatic N) is 1. The van der Waals surface area contributed by atoms with Crippen molar-refractivity contribution < 1.29 is 0 Å². The molecule has 0 unspecified atom stereocenters. The Hall–Kier alpha value is -0.300. The number of aliphatic imine (C=N–C) groups is 1. The summed E-state index contributed by atoms with van der Waals surface area (Å²) in [6.07, 6.45) is 5.04. The number of alkyl halides is 1. The molecule has 0 rings (SSSR count). The normalized spacial score (nSPS) is 13.0. The Kier molecular flexibility index (Phi) is 5.64. The van der Waals surface area contributed by atoms with Gasteiger partial charge in [-0.25, -0.2) is 0 Å². The van der Waals surface area contributed by atoms with E-state index in [1.807, 2.05) is 12.2 Å². The van der Waals surface area contributed by atoms with Gasteiger partial charge in [-0.05, 0) is 12.5 Å². The first kappa shape index (κ1) is 8.70. The van der Waals surface area contributed by atoms with Crippen molar-refractivity contribution in [3.05, 3.63) is 12.2 Å². The number of allylic oxidation sites excluding steroid dienone is 2. The van der Waals surface area contributed by atoms with Crippen molar-refractivity contribution in [1.82, 2.24) is 0 Å². The van der Waals surface area contributed by atoms with Gasteiger partial charge in [0, 0.05) is 12.8 Å². The van der Waals surface area contributed by atoms with Crippen LogP contribution >= 0.6 is 11.6 Å². The SMILES string of the molecule is CC/C=C\C(CCl)=NC. The molecule has 52 valence electrons. The fourth-order valence-electron chi connectivity index (χ4n) is 0.433. The lowest BCUT2D eigenvalue weighted by molar-refractivity contribution is 1.22. The summed E-state index contributed by atoms with van der Waals surface area (Å²) >= 11 is 5.52. The van der Waals surface area contributed by atoms with Crippen molar-refractivity contribution in [1.29, 1.82) is 0 Å². The van der Waals surface area contributed by atoms with Gasteiger partial charge in [-0.2, -0.15) is 0 Å². The molecule has 0 spiro atoms. The summed E-state index contributed by atoms with van der Waals surface area (Å²) in [4.78, 5) is 3.94. The first-order valence-electron chi connectivity index (χ1n) is 3.03. The monoisotopic (exact) mass is 145 g/mol. The van der Waals surface area contributed by atoms with E-state index in [1.54, 1.807) is 7.05 Å². The molecule has 9 heavy (non-hydrogen) atoms. The summed E-state index contributed by atoms with van der Waals surface area (Å²) in [5, 5.41) is 0. The summed E-state index contributed by atoms with van der Waals surface area (Å²) < 4.78 is 0. The number of halogens is 1. The maximum Gasteiger partial charge on any atom is 0.0642 e. The molecular formula is C7H12ClN. The van der Waals surface area contributed by atoms with Crippen LogP contribution < -0.4 is 0 Å². The largest absolute Gasteiger partial charge is 0.292 e. The van der Waals surface area contributed by atoms with Crippen molar-refractivity contribution in [3.63, 3.8) is 0 Å². The van der Waals surface area contributed by atoms with Gasteiger partial charge < -0.3 is 0 Å². The molecule has 0 fully saturated rings. The van der Waals surface area contributed by atoms with Crippen LogP contribution in [0.3, 0.4) is 0 Å². The molecule has 0 saturated carbocycles. The van der Waals surface area contributed by atoms with Crippen LogP contribution in [0.1, 0.15) is 13.3 Å². The molecule has 0 N–H and O–H groups in total. The van der Waals surface area contributed by atoms with Crippen LogP contribution in [0.5, 0.6) is 0 Å². The van der Waals surface area contributed by atoms with Crippen LogP contribution in [0.4, 0.5) is 0 Å². The maximum atomic E-state index is 5.52. The van der Waals surface area contributed by atoms with E-state index in [9.17, 15) is 0 Å². The summed E-state index contributed by atoms with van der Waals surface area (Å²) in [5.41, 5.74) is 0.943. The van der Waals surface area contributed by atoms with Gasteiger partial charge in [0.25, 0.3) is 0 Å². The molecule has 0 aliphatic heterocycles. The van der Waals surface area contributed by atoms with Crippen LogP contribution in [0.2, 0.25) is 0 Å². The molecule has 0 atom stereocenters. The van der Waals surface area contributed by atoms with E-state index < -0.39 is 0 Å². The van der Waals surface area contributed by atoms with Crippen LogP contribution in [0.15, 0.2) is 17.1 Å². The number of hydrogen-bond acceptors (Lipinski definition) is 1. The lowest BCUT2D eigenvalue weighted by atomic mass is 10.3. The second-order valence-electron chi connectivity index (χ2n) is 1.66. The van der Waals surface area contributed by atoms with E-state index >= 15 is 0 Å². The highest BCUT2D eigenvalue weighted by atomic mass is 35.5. The van der Waals surface area contributed by atoms with E-state index in [1.165, 1.54) is 0 Å². The van der Waals surface area contributed by atoms with Gasteiger partial charge >= 0.3 is 0 Å². The Morgan fingerprint density at radius 1 is 1.67 bits per heavy atom. The first-order chi connectivity index (χ1) is 4.35. The highest BCUT2D eigenvalue weighted by molar-refractivity contribution is 6.30. The van der Waals surface area contributed by atoms with Crippen LogP contribution in [-0.2, 0) is 0 Å². The van der Waals surface area contributed by atoms with Crippen molar-refractivity contribution in [2.24, 2.45) is 4.99 Å². The van der Waals surface area contributed by atoms with Gasteiger partial charge in [-0.15, -0.1) is 11.6 Å². The predicted molar refractivity (Wildman–Crippen MR) is 43.5 cm³/mol. The summed E-state index contributed by atoms with van der Waals surface area (Å²) in [5.74, 6) is 0.507. The Labute approximate surface area is 61.4 Å². The third-order valence-corrected chi connectivity index (χ3v) is 1.24. The van der Waals surface area contributed by atoms with Gasteiger partial charge in [0.2, 0.25) is 0 Å². The minimum Gasteiger partial charge on any atom is -0.292 e. The maximum absolute atomic E-state index is 5.52. The van der Waals surface area contributed by atoms with Gasteiger partial charge in [0.15, 0.2) is 0 Å². The molecule has 0 aromatic heterocycles. The van der Waals surface area contributed by atoms with Crippen molar-refractivity contribution in [3.8, 4) is 0 Å². The summed E-state index contributed by atoms with van der Waals surface area (Å²) in [7, 11) is 1.75. The molecule has 0 aromatic carbocycles. The predicted octanol–water partition coefficient (Wildman–Crippen LogP) is 2.26. The molecule has 0 saturated heterocycles. The van der Waals surface area contributed by atoms with E-state index in [-0.39, 0.29) is 0 Å². The molecular weight excluding hydrogens is 134 g/mol. The van der Waals surface area contributed by atoms with Gasteiger partial charge in [0.1, 0.15) is 0 Å². The van der Waals surface area contributed by atoms with E-state index in [2.05, 4.69) is 11.9 Å². The summed E-state index contributed by atoms with van der Waals surface area (Å²) in [6, 6.07) is 0. The van der Waals surface area contributed by atoms with Crippen molar-refractivity contribution >= 4 is 17.3 Å². The van der Waals surface area contributed by atoms with Gasteiger partial charge in [-0.3, -0.25) is 4.99 Å². The van der Waals surface area contributed by atoms with Crippen molar-refractivity contribution in [2.45, 2.75) is 13.3 Å². The minimum absolute atomic E-state index is 0.507. The Morgan fingerprint density at radius 2 is 2.33 bits per heavy atom. The molecule has 0 radical (unpaired) electrons. The smallest absolute Gasteiger partial charge is 0.0642 e. The standard InChI is InChI=1S/C7H12ClN/c1-3-4-5-7(6-8)9-2/h4-5H,3,6H2,1-2H3/b5-4-,9-7?. The quantitative estimate of drug-likeness (QED) is 0.427. The average molecular weight is 146 g/mol. The Morgan fingerprint density at radius 3 is 2.67 bits per heavy atom. The fourth-order valence-corrected chi connectivity index (χ4v) is 0.641. The minimum atomic E-state index is 0.507. The molecule has 2 heteroatoms. The molecule has 0 amide bonds. The summed E-state index contributed by atoms with van der Waals surface area (Å²) in [6.45, 7) is 2.08. The zero-order valence-electron chi connectivity index (χ0n) is 5.89. The third-order valence-electron chi connectivity index (χ3n) is 0.970. The van der Waals surface area contributed by atoms with Crippen molar-refractivity contribution in [2.75, 3.05) is 12.9 Å². The van der Waals surface area contributed by atoms with E-state index in [4.69, 9.17) is 11.6 Å². The zero-order chi connectivity index (χ0) is 7.11. The second kappa shape index (κ2) is 5.83. The fraction of sp³-hybridized carbons (Fsp3) is 0.571. The zero-order valence-corrected chi connectivity index (χ0v) is 6.65. The Balaban J connectivity index is 3.70. The van der Waals surface area contributed by atoms with Crippen LogP contribution in [0, 0.1) is 0 Å². The number of hydrogen-bond donors (Lipinski definition) is 0. The third kappa shape index (κ3) is 4.22. The van der Waals surface area contributed by atoms with Gasteiger partial charge in [-0.1, -0.05) is 13.0 Å².